The van der Waals surface area contributed by atoms with Gasteiger partial charge >= 0.3 is 0 Å². The Balaban J connectivity index is 1.19. The number of amides is 1. The molecule has 0 unspecified atom stereocenters. The first-order valence-corrected chi connectivity index (χ1v) is 15.8. The first-order valence-electron chi connectivity index (χ1n) is 15.8. The molecule has 234 valence electrons. The molecule has 0 bridgehead atoms. The van der Waals surface area contributed by atoms with Gasteiger partial charge in [0.1, 0.15) is 11.5 Å². The SMILES string of the molecule is CN(C)CCNc1cc(F)cc(-c2cccc3[nH]c(-c4n[nH]c5cnc(-c6cncc(NC(=O)C7CCCCC7)c6)cc45)cc23)c1. The maximum atomic E-state index is 14.7. The van der Waals surface area contributed by atoms with E-state index in [2.05, 4.69) is 46.7 Å². The Labute approximate surface area is 266 Å². The minimum Gasteiger partial charge on any atom is -0.384 e. The van der Waals surface area contributed by atoms with Crippen molar-refractivity contribution in [2.24, 2.45) is 5.92 Å². The lowest BCUT2D eigenvalue weighted by Gasteiger charge is -2.20. The zero-order valence-corrected chi connectivity index (χ0v) is 26.0. The molecule has 1 amide bonds. The van der Waals surface area contributed by atoms with Crippen LogP contribution in [0.1, 0.15) is 32.1 Å². The Hall–Kier alpha value is -5.09. The number of hydrogen-bond acceptors (Lipinski definition) is 6. The summed E-state index contributed by atoms with van der Waals surface area (Å²) >= 11 is 0. The van der Waals surface area contributed by atoms with Crippen molar-refractivity contribution in [3.05, 3.63) is 79.0 Å². The molecule has 4 aromatic heterocycles. The van der Waals surface area contributed by atoms with E-state index in [-0.39, 0.29) is 17.6 Å². The van der Waals surface area contributed by atoms with Gasteiger partial charge in [0.05, 0.1) is 35.0 Å². The van der Waals surface area contributed by atoms with Crippen molar-refractivity contribution >= 4 is 39.1 Å². The molecular weight excluding hydrogens is 579 g/mol. The van der Waals surface area contributed by atoms with Crippen molar-refractivity contribution in [1.82, 2.24) is 30.0 Å². The summed E-state index contributed by atoms with van der Waals surface area (Å²) in [5.41, 5.74) is 7.96. The second-order valence-corrected chi connectivity index (χ2v) is 12.4. The van der Waals surface area contributed by atoms with Gasteiger partial charge in [-0.15, -0.1) is 0 Å². The van der Waals surface area contributed by atoms with E-state index in [4.69, 9.17) is 0 Å². The summed E-state index contributed by atoms with van der Waals surface area (Å²) in [5, 5.41) is 16.0. The van der Waals surface area contributed by atoms with Crippen LogP contribution < -0.4 is 10.6 Å². The molecule has 0 saturated heterocycles. The largest absolute Gasteiger partial charge is 0.384 e. The fourth-order valence-electron chi connectivity index (χ4n) is 6.34. The Morgan fingerprint density at radius 2 is 1.78 bits per heavy atom. The lowest BCUT2D eigenvalue weighted by molar-refractivity contribution is -0.120. The van der Waals surface area contributed by atoms with E-state index in [0.717, 1.165) is 93.5 Å². The molecule has 46 heavy (non-hydrogen) atoms. The zero-order valence-electron chi connectivity index (χ0n) is 26.0. The molecule has 4 heterocycles. The Kier molecular flexibility index (Phi) is 8.19. The fourth-order valence-corrected chi connectivity index (χ4v) is 6.34. The third kappa shape index (κ3) is 6.21. The summed E-state index contributed by atoms with van der Waals surface area (Å²) in [6, 6.07) is 17.0. The predicted molar refractivity (Wildman–Crippen MR) is 182 cm³/mol. The number of carbonyl (C=O) groups excluding carboxylic acids is 1. The standard InChI is InChI=1S/C36H37FN8O/c1-45(2)12-11-39-26-14-23(13-25(37)16-26)28-9-6-10-31-29(28)17-33(42-31)35-30-18-32(40-21-34(30)43-44-35)24-15-27(20-38-19-24)41-36(46)22-7-4-3-5-8-22/h6,9-10,13-22,39,42H,3-5,7-8,11-12H2,1-2H3,(H,41,46)(H,43,44). The monoisotopic (exact) mass is 616 g/mol. The molecule has 6 aromatic rings. The lowest BCUT2D eigenvalue weighted by atomic mass is 9.88. The van der Waals surface area contributed by atoms with Crippen molar-refractivity contribution in [2.75, 3.05) is 37.8 Å². The van der Waals surface area contributed by atoms with Gasteiger partial charge in [0.2, 0.25) is 5.91 Å². The van der Waals surface area contributed by atoms with Gasteiger partial charge in [-0.25, -0.2) is 4.39 Å². The van der Waals surface area contributed by atoms with Gasteiger partial charge in [-0.05, 0) is 80.5 Å². The van der Waals surface area contributed by atoms with Crippen LogP contribution in [0.3, 0.4) is 0 Å². The van der Waals surface area contributed by atoms with Crippen molar-refractivity contribution in [3.63, 3.8) is 0 Å². The van der Waals surface area contributed by atoms with E-state index in [9.17, 15) is 9.18 Å². The first-order chi connectivity index (χ1) is 22.4. The van der Waals surface area contributed by atoms with Crippen LogP contribution in [0.25, 0.3) is 55.6 Å². The Morgan fingerprint density at radius 1 is 0.935 bits per heavy atom. The van der Waals surface area contributed by atoms with Crippen LogP contribution in [-0.4, -0.2) is 63.1 Å². The summed E-state index contributed by atoms with van der Waals surface area (Å²) in [5.74, 6) is -0.166. The molecule has 1 aliphatic rings. The third-order valence-corrected chi connectivity index (χ3v) is 8.74. The Morgan fingerprint density at radius 3 is 2.63 bits per heavy atom. The smallest absolute Gasteiger partial charge is 0.227 e. The molecule has 0 radical (unpaired) electrons. The maximum Gasteiger partial charge on any atom is 0.227 e. The minimum atomic E-state index is -0.289. The number of nitrogens with zero attached hydrogens (tertiary/aromatic N) is 4. The fraction of sp³-hybridized carbons (Fsp3) is 0.278. The van der Waals surface area contributed by atoms with Gasteiger partial charge in [-0.2, -0.15) is 5.10 Å². The number of aromatic nitrogens is 5. The first kappa shape index (κ1) is 29.6. The highest BCUT2D eigenvalue weighted by Gasteiger charge is 2.21. The zero-order chi connectivity index (χ0) is 31.6. The molecule has 7 rings (SSSR count). The number of likely N-dealkylation sites (N-methyl/N-ethyl adjacent to an activating group) is 1. The van der Waals surface area contributed by atoms with Crippen molar-refractivity contribution < 1.29 is 9.18 Å². The number of anilines is 2. The van der Waals surface area contributed by atoms with E-state index >= 15 is 0 Å². The number of H-pyrrole nitrogens is 2. The van der Waals surface area contributed by atoms with Gasteiger partial charge in [0.15, 0.2) is 0 Å². The summed E-state index contributed by atoms with van der Waals surface area (Å²) in [4.78, 5) is 27.5. The van der Waals surface area contributed by atoms with Crippen molar-refractivity contribution in [2.45, 2.75) is 32.1 Å². The van der Waals surface area contributed by atoms with Crippen LogP contribution in [0.4, 0.5) is 15.8 Å². The lowest BCUT2D eigenvalue weighted by Crippen LogP contribution is -2.24. The highest BCUT2D eigenvalue weighted by atomic mass is 19.1. The number of aromatic amines is 2. The van der Waals surface area contributed by atoms with Crippen molar-refractivity contribution in [1.29, 1.82) is 0 Å². The minimum absolute atomic E-state index is 0.0601. The molecule has 9 nitrogen and oxygen atoms in total. The number of hydrogen-bond donors (Lipinski definition) is 4. The molecule has 0 aliphatic heterocycles. The number of rotatable bonds is 9. The quantitative estimate of drug-likeness (QED) is 0.134. The second-order valence-electron chi connectivity index (χ2n) is 12.4. The summed E-state index contributed by atoms with van der Waals surface area (Å²) in [7, 11) is 4.02. The molecule has 4 N–H and O–H groups in total. The number of fused-ring (bicyclic) bond motifs is 2. The van der Waals surface area contributed by atoms with Crippen LogP contribution in [0.5, 0.6) is 0 Å². The van der Waals surface area contributed by atoms with Gasteiger partial charge in [0.25, 0.3) is 0 Å². The molecule has 2 aromatic carbocycles. The normalized spacial score (nSPS) is 13.9. The average Bonchev–Trinajstić information content (AvgIpc) is 3.69. The molecule has 10 heteroatoms. The van der Waals surface area contributed by atoms with Crippen LogP contribution >= 0.6 is 0 Å². The Bertz CT molecular complexity index is 2020. The number of nitrogens with one attached hydrogen (secondary N) is 4. The highest BCUT2D eigenvalue weighted by Crippen LogP contribution is 2.36. The second kappa shape index (κ2) is 12.7. The topological polar surface area (TPSA) is 115 Å². The van der Waals surface area contributed by atoms with E-state index < -0.39 is 0 Å². The van der Waals surface area contributed by atoms with Crippen molar-refractivity contribution in [3.8, 4) is 33.8 Å². The van der Waals surface area contributed by atoms with E-state index in [1.807, 2.05) is 50.5 Å². The van der Waals surface area contributed by atoms with Crippen LogP contribution in [0.15, 0.2) is 73.2 Å². The molecular formula is C36H37FN8O. The summed E-state index contributed by atoms with van der Waals surface area (Å²) < 4.78 is 14.7. The predicted octanol–water partition coefficient (Wildman–Crippen LogP) is 7.47. The maximum absolute atomic E-state index is 14.7. The summed E-state index contributed by atoms with van der Waals surface area (Å²) in [6.45, 7) is 1.56. The number of halogens is 1. The van der Waals surface area contributed by atoms with E-state index in [1.54, 1.807) is 24.7 Å². The molecule has 1 saturated carbocycles. The van der Waals surface area contributed by atoms with E-state index in [0.29, 0.717) is 12.2 Å². The average molecular weight is 617 g/mol. The van der Waals surface area contributed by atoms with Gasteiger partial charge < -0.3 is 20.5 Å². The van der Waals surface area contributed by atoms with Gasteiger partial charge in [-0.3, -0.25) is 19.9 Å². The molecule has 0 atom stereocenters. The number of benzene rings is 2. The van der Waals surface area contributed by atoms with Gasteiger partial charge in [-0.1, -0.05) is 31.4 Å². The summed E-state index contributed by atoms with van der Waals surface area (Å²) in [6.07, 6.45) is 10.5. The van der Waals surface area contributed by atoms with E-state index in [1.165, 1.54) is 12.5 Å². The van der Waals surface area contributed by atoms with Gasteiger partial charge in [0, 0.05) is 52.7 Å². The van der Waals surface area contributed by atoms with Crippen LogP contribution in [-0.2, 0) is 4.79 Å². The molecule has 0 spiro atoms. The van der Waals surface area contributed by atoms with Crippen LogP contribution in [0.2, 0.25) is 0 Å². The van der Waals surface area contributed by atoms with Crippen LogP contribution in [0, 0.1) is 11.7 Å². The molecule has 1 aliphatic carbocycles. The molecule has 1 fully saturated rings. The third-order valence-electron chi connectivity index (χ3n) is 8.74. The highest BCUT2D eigenvalue weighted by molar-refractivity contribution is 6.02. The number of carbonyl (C=O) groups is 1. The number of pyridine rings is 2.